The monoisotopic (exact) mass is 376 g/mol. The number of hydrogen-bond donors (Lipinski definition) is 2. The third kappa shape index (κ3) is 3.43. The lowest BCUT2D eigenvalue weighted by Gasteiger charge is -2.27. The number of nitrogens with zero attached hydrogens (tertiary/aromatic N) is 2. The molecule has 144 valence electrons. The first-order valence-corrected chi connectivity index (χ1v) is 9.57. The van der Waals surface area contributed by atoms with E-state index < -0.39 is 0 Å². The molecule has 0 spiro atoms. The van der Waals surface area contributed by atoms with Crippen LogP contribution in [0.2, 0.25) is 0 Å². The zero-order valence-electron chi connectivity index (χ0n) is 16.1. The molecule has 2 atom stereocenters. The molecule has 0 radical (unpaired) electrons. The molecule has 2 aromatic rings. The molecule has 6 heteroatoms. The van der Waals surface area contributed by atoms with Gasteiger partial charge in [-0.3, -0.25) is 9.80 Å². The molecule has 4 rings (SSSR count). The molecule has 28 heavy (non-hydrogen) atoms. The summed E-state index contributed by atoms with van der Waals surface area (Å²) in [6.45, 7) is 3.85. The summed E-state index contributed by atoms with van der Waals surface area (Å²) in [4.78, 5) is 23.1. The molecule has 3 N–H and O–H groups in total. The van der Waals surface area contributed by atoms with Crippen LogP contribution in [-0.4, -0.2) is 17.1 Å². The smallest absolute Gasteiger partial charge is 0.241 e. The van der Waals surface area contributed by atoms with Gasteiger partial charge >= 0.3 is 0 Å². The van der Waals surface area contributed by atoms with Crippen molar-refractivity contribution >= 4 is 18.2 Å². The quantitative estimate of drug-likeness (QED) is 0.362. The van der Waals surface area contributed by atoms with E-state index in [0.29, 0.717) is 0 Å². The van der Waals surface area contributed by atoms with Crippen LogP contribution in [0.25, 0.3) is 23.4 Å². The molecule has 1 amide bonds. The molecule has 1 aliphatic carbocycles. The fourth-order valence-electron chi connectivity index (χ4n) is 3.52. The van der Waals surface area contributed by atoms with Crippen molar-refractivity contribution in [3.8, 4) is 11.1 Å². The number of benzene rings is 2. The second-order valence-electron chi connectivity index (χ2n) is 7.64. The van der Waals surface area contributed by atoms with Gasteiger partial charge in [-0.05, 0) is 77.6 Å². The number of amides is 1. The Labute approximate surface area is 163 Å². The lowest BCUT2D eigenvalue weighted by Crippen LogP contribution is -2.54. The molecule has 2 aliphatic rings. The Morgan fingerprint density at radius 2 is 2.00 bits per heavy atom. The predicted octanol–water partition coefficient (Wildman–Crippen LogP) is 2.05. The van der Waals surface area contributed by atoms with Crippen molar-refractivity contribution in [1.82, 2.24) is 10.3 Å². The molecule has 1 saturated carbocycles. The van der Waals surface area contributed by atoms with Gasteiger partial charge in [-0.2, -0.15) is 4.91 Å². The number of nitrogens with one attached hydrogen (secondary N) is 1. The van der Waals surface area contributed by atoms with Crippen molar-refractivity contribution in [3.05, 3.63) is 62.9 Å². The van der Waals surface area contributed by atoms with Gasteiger partial charge in [0.2, 0.25) is 5.91 Å². The highest BCUT2D eigenvalue weighted by Crippen LogP contribution is 2.31. The molecule has 1 aliphatic heterocycles. The van der Waals surface area contributed by atoms with Gasteiger partial charge in [0.15, 0.2) is 0 Å². The molecule has 0 aromatic heterocycles. The van der Waals surface area contributed by atoms with Gasteiger partial charge in [0.05, 0.1) is 0 Å². The van der Waals surface area contributed by atoms with Crippen LogP contribution in [-0.2, 0) is 4.79 Å². The zero-order valence-corrected chi connectivity index (χ0v) is 16.1. The van der Waals surface area contributed by atoms with Crippen LogP contribution in [0.4, 0.5) is 0 Å². The molecule has 0 bridgehead atoms. The highest BCUT2D eigenvalue weighted by Gasteiger charge is 2.34. The van der Waals surface area contributed by atoms with Crippen molar-refractivity contribution in [2.45, 2.75) is 38.9 Å². The molecule has 1 heterocycles. The summed E-state index contributed by atoms with van der Waals surface area (Å²) in [5.41, 5.74) is 4.19. The maximum Gasteiger partial charge on any atom is 0.241 e. The summed E-state index contributed by atoms with van der Waals surface area (Å²) < 4.78 is 0. The third-order valence-corrected chi connectivity index (χ3v) is 5.53. The fourth-order valence-corrected chi connectivity index (χ4v) is 3.52. The number of hydrazine groups is 1. The van der Waals surface area contributed by atoms with Crippen LogP contribution in [0.1, 0.15) is 36.9 Å². The lowest BCUT2D eigenvalue weighted by molar-refractivity contribution is -0.134. The van der Waals surface area contributed by atoms with Crippen molar-refractivity contribution in [2.75, 3.05) is 0 Å². The summed E-state index contributed by atoms with van der Waals surface area (Å²) in [7, 11) is 0. The van der Waals surface area contributed by atoms with Crippen LogP contribution in [0.15, 0.2) is 41.6 Å². The Balaban J connectivity index is 1.67. The Bertz CT molecular complexity index is 1060. The van der Waals surface area contributed by atoms with E-state index in [0.717, 1.165) is 45.5 Å². The third-order valence-electron chi connectivity index (χ3n) is 5.53. The van der Waals surface area contributed by atoms with E-state index in [1.165, 1.54) is 5.01 Å². The van der Waals surface area contributed by atoms with E-state index in [1.54, 1.807) is 6.92 Å². The lowest BCUT2D eigenvalue weighted by atomic mass is 9.95. The molecule has 2 unspecified atom stereocenters. The first kappa shape index (κ1) is 18.4. The largest absolute Gasteiger partial charge is 0.366 e. The average molecular weight is 376 g/mol. The van der Waals surface area contributed by atoms with Gasteiger partial charge < -0.3 is 5.32 Å². The second-order valence-corrected chi connectivity index (χ2v) is 7.64. The van der Waals surface area contributed by atoms with Crippen molar-refractivity contribution in [1.29, 1.82) is 0 Å². The van der Waals surface area contributed by atoms with E-state index >= 15 is 0 Å². The predicted molar refractivity (Wildman–Crippen MR) is 110 cm³/mol. The average Bonchev–Trinajstić information content (AvgIpc) is 3.57. The normalized spacial score (nSPS) is 18.8. The number of hydrogen-bond acceptors (Lipinski definition) is 5. The van der Waals surface area contributed by atoms with Crippen LogP contribution < -0.4 is 21.6 Å². The molecule has 2 aromatic carbocycles. The van der Waals surface area contributed by atoms with Crippen LogP contribution in [0.5, 0.6) is 0 Å². The first-order valence-electron chi connectivity index (χ1n) is 9.57. The zero-order chi connectivity index (χ0) is 19.8. The van der Waals surface area contributed by atoms with E-state index in [1.807, 2.05) is 36.5 Å². The van der Waals surface area contributed by atoms with E-state index in [9.17, 15) is 9.70 Å². The summed E-state index contributed by atoms with van der Waals surface area (Å²) in [6, 6.07) is 11.8. The highest BCUT2D eigenvalue weighted by molar-refractivity contribution is 5.81. The van der Waals surface area contributed by atoms with Gasteiger partial charge in [0.1, 0.15) is 12.2 Å². The van der Waals surface area contributed by atoms with Crippen molar-refractivity contribution in [3.63, 3.8) is 0 Å². The summed E-state index contributed by atoms with van der Waals surface area (Å²) in [6.07, 6.45) is 5.40. The van der Waals surface area contributed by atoms with Gasteiger partial charge in [0.25, 0.3) is 0 Å². The summed E-state index contributed by atoms with van der Waals surface area (Å²) in [5, 5.41) is 9.71. The molecular weight excluding hydrogens is 352 g/mol. The van der Waals surface area contributed by atoms with Gasteiger partial charge in [-0.15, -0.1) is 0 Å². The number of fused-ring (bicyclic) bond motifs is 1. The summed E-state index contributed by atoms with van der Waals surface area (Å²) in [5.74, 6) is 6.10. The standard InChI is InChI=1S/C22H24N4O2/c1-13-3-4-16(14(2)25-28)10-20(13)18-8-7-17-11-21(24-12-19(17)9-18)26(23)22(27)15-5-6-15/h3-4,7-12,14-15,21,24H,5-6,23H2,1-2H3. The Hall–Kier alpha value is -2.99. The molecule has 1 fully saturated rings. The first-order chi connectivity index (χ1) is 13.5. The highest BCUT2D eigenvalue weighted by atomic mass is 16.3. The van der Waals surface area contributed by atoms with Gasteiger partial charge in [-0.1, -0.05) is 29.4 Å². The minimum absolute atomic E-state index is 0.00688. The fraction of sp³-hybridized carbons (Fsp3) is 0.318. The minimum Gasteiger partial charge on any atom is -0.366 e. The van der Waals surface area contributed by atoms with E-state index in [2.05, 4.69) is 29.6 Å². The molecule has 0 saturated heterocycles. The van der Waals surface area contributed by atoms with Crippen molar-refractivity contribution in [2.24, 2.45) is 16.9 Å². The number of carbonyl (C=O) groups excluding carboxylic acids is 1. The van der Waals surface area contributed by atoms with E-state index in [-0.39, 0.29) is 24.0 Å². The maximum absolute atomic E-state index is 12.2. The SMILES string of the molecule is Cc1ccc(C(C)N=O)cc1-c1ccc2c(c1)=CNC(N(N)C(=O)C1CC1)C=2. The van der Waals surface area contributed by atoms with Crippen LogP contribution >= 0.6 is 0 Å². The minimum atomic E-state index is -0.376. The maximum atomic E-state index is 12.2. The topological polar surface area (TPSA) is 87.8 Å². The van der Waals surface area contributed by atoms with E-state index in [4.69, 9.17) is 5.84 Å². The van der Waals surface area contributed by atoms with Gasteiger partial charge in [0, 0.05) is 12.1 Å². The number of nitrogens with two attached hydrogens (primary N) is 1. The van der Waals surface area contributed by atoms with Crippen molar-refractivity contribution < 1.29 is 4.79 Å². The number of nitroso groups, excluding NO2 is 1. The second kappa shape index (κ2) is 7.20. The summed E-state index contributed by atoms with van der Waals surface area (Å²) >= 11 is 0. The molecule has 6 nitrogen and oxygen atoms in total. The van der Waals surface area contributed by atoms with Crippen LogP contribution in [0.3, 0.4) is 0 Å². The molecular formula is C22H24N4O2. The number of carbonyl (C=O) groups is 1. The Kier molecular flexibility index (Phi) is 4.73. The van der Waals surface area contributed by atoms with Gasteiger partial charge in [-0.25, -0.2) is 5.84 Å². The number of aryl methyl sites for hydroxylation is 1. The number of rotatable bonds is 5. The van der Waals surface area contributed by atoms with Crippen LogP contribution in [0, 0.1) is 17.7 Å². The Morgan fingerprint density at radius 3 is 2.71 bits per heavy atom. The Morgan fingerprint density at radius 1 is 1.21 bits per heavy atom.